The van der Waals surface area contributed by atoms with Crippen LogP contribution in [0, 0.1) is 0 Å². The van der Waals surface area contributed by atoms with Gasteiger partial charge in [0.1, 0.15) is 11.6 Å². The summed E-state index contributed by atoms with van der Waals surface area (Å²) in [6.07, 6.45) is -4.80. The van der Waals surface area contributed by atoms with Crippen molar-refractivity contribution >= 4 is 23.1 Å². The maximum absolute atomic E-state index is 12.6. The van der Waals surface area contributed by atoms with Crippen LogP contribution in [0.3, 0.4) is 0 Å². The molecule has 0 bridgehead atoms. The predicted octanol–water partition coefficient (Wildman–Crippen LogP) is 2.98. The summed E-state index contributed by atoms with van der Waals surface area (Å²) < 4.78 is 41.7. The first-order valence-corrected chi connectivity index (χ1v) is 11.3. The van der Waals surface area contributed by atoms with Crippen molar-refractivity contribution in [1.82, 2.24) is 20.4 Å². The summed E-state index contributed by atoms with van der Waals surface area (Å²) in [5.41, 5.74) is -0.00132. The fourth-order valence-corrected chi connectivity index (χ4v) is 4.56. The zero-order chi connectivity index (χ0) is 24.1. The number of aromatic amines is 1. The predicted molar refractivity (Wildman–Crippen MR) is 121 cm³/mol. The van der Waals surface area contributed by atoms with E-state index < -0.39 is 6.36 Å². The third-order valence-corrected chi connectivity index (χ3v) is 6.33. The maximum Gasteiger partial charge on any atom is 0.573 e. The van der Waals surface area contributed by atoms with Gasteiger partial charge in [0.15, 0.2) is 0 Å². The molecule has 0 atom stereocenters. The second-order valence-corrected chi connectivity index (χ2v) is 8.82. The van der Waals surface area contributed by atoms with E-state index in [2.05, 4.69) is 30.1 Å². The van der Waals surface area contributed by atoms with E-state index in [4.69, 9.17) is 0 Å². The molecule has 0 radical (unpaired) electrons. The number of piperazine rings is 1. The molecule has 0 unspecified atom stereocenters. The number of carbonyl (C=O) groups excluding carboxylic acids is 1. The minimum absolute atomic E-state index is 0.0843. The lowest BCUT2D eigenvalue weighted by Gasteiger charge is -2.34. The van der Waals surface area contributed by atoms with E-state index in [-0.39, 0.29) is 29.3 Å². The van der Waals surface area contributed by atoms with E-state index in [9.17, 15) is 22.8 Å². The highest BCUT2D eigenvalue weighted by Crippen LogP contribution is 2.26. The highest BCUT2D eigenvalue weighted by Gasteiger charge is 2.32. The molecule has 8 nitrogen and oxygen atoms in total. The number of H-pyrrole nitrogens is 1. The lowest BCUT2D eigenvalue weighted by molar-refractivity contribution is -0.274. The number of anilines is 1. The van der Waals surface area contributed by atoms with E-state index in [1.807, 2.05) is 6.07 Å². The van der Waals surface area contributed by atoms with Crippen molar-refractivity contribution < 1.29 is 22.7 Å². The molecule has 1 saturated heterocycles. The number of hydrogen-bond donors (Lipinski definition) is 2. The molecule has 34 heavy (non-hydrogen) atoms. The van der Waals surface area contributed by atoms with Crippen LogP contribution in [0.2, 0.25) is 0 Å². The Hall–Kier alpha value is -3.38. The topological polar surface area (TPSA) is 90.6 Å². The lowest BCUT2D eigenvalue weighted by atomic mass is 10.2. The smallest absolute Gasteiger partial charge is 0.405 e. The number of rotatable bonds is 7. The van der Waals surface area contributed by atoms with Crippen molar-refractivity contribution in [2.45, 2.75) is 19.5 Å². The SMILES string of the molecule is O=C(NCc1ccccc1OC(F)(F)F)c1ccc(CN2CCN(c3ccc(=O)[nH]n3)CC2)s1. The van der Waals surface area contributed by atoms with Crippen LogP contribution in [-0.2, 0) is 13.1 Å². The van der Waals surface area contributed by atoms with E-state index in [1.165, 1.54) is 35.6 Å². The first-order valence-electron chi connectivity index (χ1n) is 10.5. The second kappa shape index (κ2) is 10.3. The molecule has 1 aliphatic rings. The minimum Gasteiger partial charge on any atom is -0.405 e. The molecule has 0 spiro atoms. The van der Waals surface area contributed by atoms with Crippen LogP contribution in [-0.4, -0.2) is 53.5 Å². The monoisotopic (exact) mass is 493 g/mol. The first-order chi connectivity index (χ1) is 16.3. The summed E-state index contributed by atoms with van der Waals surface area (Å²) in [7, 11) is 0. The molecule has 3 heterocycles. The number of nitrogens with zero attached hydrogens (tertiary/aromatic N) is 3. The average molecular weight is 494 g/mol. The molecule has 4 rings (SSSR count). The van der Waals surface area contributed by atoms with Gasteiger partial charge in [-0.2, -0.15) is 5.10 Å². The average Bonchev–Trinajstić information content (AvgIpc) is 3.27. The van der Waals surface area contributed by atoms with Crippen molar-refractivity contribution in [3.05, 3.63) is 74.2 Å². The molecule has 1 amide bonds. The number of carbonyl (C=O) groups is 1. The summed E-state index contributed by atoms with van der Waals surface area (Å²) in [5, 5.41) is 9.16. The molecule has 12 heteroatoms. The Morgan fingerprint density at radius 2 is 1.85 bits per heavy atom. The van der Waals surface area contributed by atoms with E-state index in [0.29, 0.717) is 11.4 Å². The number of ether oxygens (including phenoxy) is 1. The molecule has 0 aliphatic carbocycles. The summed E-state index contributed by atoms with van der Waals surface area (Å²) in [5.74, 6) is 0.0435. The third-order valence-electron chi connectivity index (χ3n) is 5.26. The molecule has 1 aromatic carbocycles. The normalized spacial score (nSPS) is 14.7. The van der Waals surface area contributed by atoms with Crippen LogP contribution >= 0.6 is 11.3 Å². The van der Waals surface area contributed by atoms with Gasteiger partial charge in [-0.05, 0) is 24.3 Å². The molecule has 2 N–H and O–H groups in total. The van der Waals surface area contributed by atoms with Gasteiger partial charge in [0.05, 0.1) is 4.88 Å². The van der Waals surface area contributed by atoms with E-state index >= 15 is 0 Å². The summed E-state index contributed by atoms with van der Waals surface area (Å²) in [6.45, 7) is 3.73. The number of alkyl halides is 3. The van der Waals surface area contributed by atoms with E-state index in [1.54, 1.807) is 18.2 Å². The zero-order valence-electron chi connectivity index (χ0n) is 18.0. The molecule has 2 aromatic heterocycles. The fraction of sp³-hybridized carbons (Fsp3) is 0.318. The number of para-hydroxylation sites is 1. The van der Waals surface area contributed by atoms with Gasteiger partial charge in [0.25, 0.3) is 11.5 Å². The summed E-state index contributed by atoms with van der Waals surface area (Å²) >= 11 is 1.35. The Morgan fingerprint density at radius 3 is 2.56 bits per heavy atom. The molecule has 0 saturated carbocycles. The van der Waals surface area contributed by atoms with Crippen LogP contribution in [0.5, 0.6) is 5.75 Å². The molecular weight excluding hydrogens is 471 g/mol. The van der Waals surface area contributed by atoms with Crippen molar-refractivity contribution in [3.8, 4) is 5.75 Å². The Balaban J connectivity index is 1.28. The molecule has 180 valence electrons. The summed E-state index contributed by atoms with van der Waals surface area (Å²) in [4.78, 5) is 29.6. The number of aromatic nitrogens is 2. The van der Waals surface area contributed by atoms with Crippen molar-refractivity contribution in [2.75, 3.05) is 31.1 Å². The third kappa shape index (κ3) is 6.35. The van der Waals surface area contributed by atoms with Crippen molar-refractivity contribution in [3.63, 3.8) is 0 Å². The van der Waals surface area contributed by atoms with Crippen LogP contribution in [0.25, 0.3) is 0 Å². The van der Waals surface area contributed by atoms with E-state index in [0.717, 1.165) is 36.9 Å². The molecule has 1 aliphatic heterocycles. The van der Waals surface area contributed by atoms with Gasteiger partial charge in [-0.15, -0.1) is 24.5 Å². The number of amides is 1. The first kappa shape index (κ1) is 23.8. The van der Waals surface area contributed by atoms with Crippen molar-refractivity contribution in [2.24, 2.45) is 0 Å². The summed E-state index contributed by atoms with van der Waals surface area (Å²) in [6, 6.07) is 12.5. The van der Waals surface area contributed by atoms with Gasteiger partial charge >= 0.3 is 6.36 Å². The van der Waals surface area contributed by atoms with Crippen LogP contribution < -0.4 is 20.5 Å². The maximum atomic E-state index is 12.6. The Bertz CT molecular complexity index is 1170. The van der Waals surface area contributed by atoms with Gasteiger partial charge < -0.3 is 15.0 Å². The fourth-order valence-electron chi connectivity index (χ4n) is 3.59. The highest BCUT2D eigenvalue weighted by atomic mass is 32.1. The van der Waals surface area contributed by atoms with Gasteiger partial charge in [-0.1, -0.05) is 18.2 Å². The standard InChI is InChI=1S/C22H22F3N5O3S/c23-22(24,25)33-17-4-2-1-3-15(17)13-26-21(32)18-6-5-16(34-18)14-29-9-11-30(12-10-29)19-7-8-20(31)28-27-19/h1-8H,9-14H2,(H,26,32)(H,28,31). The largest absolute Gasteiger partial charge is 0.573 e. The number of halogens is 3. The Labute approximate surface area is 197 Å². The second-order valence-electron chi connectivity index (χ2n) is 7.65. The van der Waals surface area contributed by atoms with Gasteiger partial charge in [0.2, 0.25) is 0 Å². The Kier molecular flexibility index (Phi) is 7.17. The van der Waals surface area contributed by atoms with Gasteiger partial charge in [-0.25, -0.2) is 5.10 Å². The molecule has 3 aromatic rings. The minimum atomic E-state index is -4.80. The lowest BCUT2D eigenvalue weighted by Crippen LogP contribution is -2.46. The highest BCUT2D eigenvalue weighted by molar-refractivity contribution is 7.14. The Morgan fingerprint density at radius 1 is 1.09 bits per heavy atom. The molecular formula is C22H22F3N5O3S. The zero-order valence-corrected chi connectivity index (χ0v) is 18.8. The molecule has 1 fully saturated rings. The van der Waals surface area contributed by atoms with Crippen LogP contribution in [0.15, 0.2) is 53.3 Å². The van der Waals surface area contributed by atoms with Gasteiger partial charge in [0, 0.05) is 55.8 Å². The van der Waals surface area contributed by atoms with Crippen molar-refractivity contribution in [1.29, 1.82) is 0 Å². The number of nitrogens with one attached hydrogen (secondary N) is 2. The van der Waals surface area contributed by atoms with Crippen LogP contribution in [0.4, 0.5) is 19.0 Å². The van der Waals surface area contributed by atoms with Crippen LogP contribution in [0.1, 0.15) is 20.1 Å². The number of hydrogen-bond acceptors (Lipinski definition) is 7. The number of thiophene rings is 1. The quantitative estimate of drug-likeness (QED) is 0.526. The van der Waals surface area contributed by atoms with Gasteiger partial charge in [-0.3, -0.25) is 14.5 Å². The number of benzene rings is 1.